The summed E-state index contributed by atoms with van der Waals surface area (Å²) in [6.45, 7) is 2.00. The Morgan fingerprint density at radius 3 is 2.56 bits per heavy atom. The van der Waals surface area contributed by atoms with Crippen LogP contribution in [0.3, 0.4) is 0 Å². The van der Waals surface area contributed by atoms with E-state index in [4.69, 9.17) is 23.2 Å². The van der Waals surface area contributed by atoms with E-state index in [1.54, 1.807) is 6.92 Å². The maximum Gasteiger partial charge on any atom is 0.234 e. The molecule has 0 N–H and O–H groups in total. The Labute approximate surface area is 63.9 Å². The summed E-state index contributed by atoms with van der Waals surface area (Å²) in [4.78, 5) is 12.8. The molecule has 0 aromatic heterocycles. The molecule has 2 nitrogen and oxygen atoms in total. The van der Waals surface area contributed by atoms with Gasteiger partial charge in [-0.05, 0) is 6.92 Å². The van der Waals surface area contributed by atoms with Gasteiger partial charge in [0.15, 0.2) is 0 Å². The fourth-order valence-electron chi connectivity index (χ4n) is 0.270. The number of hydrogen-bond donors (Lipinski definition) is 0. The molecule has 0 saturated carbocycles. The molecule has 4 heteroatoms. The van der Waals surface area contributed by atoms with E-state index in [1.807, 2.05) is 0 Å². The van der Waals surface area contributed by atoms with Gasteiger partial charge in [-0.15, -0.1) is 23.2 Å². The highest BCUT2D eigenvalue weighted by Gasteiger charge is 2.09. The number of alkyl halides is 2. The first kappa shape index (κ1) is 8.96. The number of halogens is 2. The van der Waals surface area contributed by atoms with E-state index in [1.165, 1.54) is 6.08 Å². The van der Waals surface area contributed by atoms with Crippen LogP contribution in [0.5, 0.6) is 0 Å². The summed E-state index contributed by atoms with van der Waals surface area (Å²) in [5.41, 5.74) is 0. The summed E-state index contributed by atoms with van der Waals surface area (Å²) in [6, 6.07) is 0. The van der Waals surface area contributed by atoms with Crippen LogP contribution in [0.25, 0.3) is 0 Å². The zero-order chi connectivity index (χ0) is 7.28. The molecule has 9 heavy (non-hydrogen) atoms. The van der Waals surface area contributed by atoms with Gasteiger partial charge in [0.05, 0.1) is 11.9 Å². The number of rotatable bonds is 3. The molecule has 0 saturated heterocycles. The van der Waals surface area contributed by atoms with Gasteiger partial charge in [-0.25, -0.2) is 9.79 Å². The van der Waals surface area contributed by atoms with E-state index in [-0.39, 0.29) is 17.3 Å². The van der Waals surface area contributed by atoms with Crippen molar-refractivity contribution < 1.29 is 4.79 Å². The minimum absolute atomic E-state index is 0.163. The van der Waals surface area contributed by atoms with E-state index in [9.17, 15) is 4.79 Å². The molecule has 2 unspecified atom stereocenters. The van der Waals surface area contributed by atoms with Crippen molar-refractivity contribution in [1.82, 2.24) is 0 Å². The topological polar surface area (TPSA) is 29.4 Å². The number of hydrogen-bond acceptors (Lipinski definition) is 2. The van der Waals surface area contributed by atoms with Crippen molar-refractivity contribution in [2.45, 2.75) is 17.7 Å². The van der Waals surface area contributed by atoms with Gasteiger partial charge >= 0.3 is 0 Å². The lowest BCUT2D eigenvalue weighted by Gasteiger charge is -2.05. The molecule has 0 fully saturated rings. The molecule has 0 heterocycles. The molecule has 0 rings (SSSR count). The van der Waals surface area contributed by atoms with E-state index < -0.39 is 0 Å². The first-order valence-electron chi connectivity index (χ1n) is 2.50. The molecule has 0 aliphatic heterocycles. The summed E-state index contributed by atoms with van der Waals surface area (Å²) in [7, 11) is 0. The standard InChI is InChI=1S/C5H7Cl2NO/c1-4(6)5(7)2-8-3-9/h4-5H,2H2,1H3. The van der Waals surface area contributed by atoms with Crippen LogP contribution in [0.4, 0.5) is 0 Å². The molecule has 0 aromatic carbocycles. The van der Waals surface area contributed by atoms with Crippen molar-refractivity contribution in [1.29, 1.82) is 0 Å². The molecular weight excluding hydrogens is 161 g/mol. The molecule has 0 aliphatic rings. The van der Waals surface area contributed by atoms with E-state index in [0.717, 1.165) is 0 Å². The Kier molecular flexibility index (Phi) is 4.78. The molecular formula is C5H7Cl2NO. The number of nitrogens with zero attached hydrogens (tertiary/aromatic N) is 1. The molecule has 0 radical (unpaired) electrons. The van der Waals surface area contributed by atoms with Gasteiger partial charge in [0.25, 0.3) is 0 Å². The predicted octanol–water partition coefficient (Wildman–Crippen LogP) is 1.56. The average Bonchev–Trinajstić information content (AvgIpc) is 1.82. The summed E-state index contributed by atoms with van der Waals surface area (Å²) >= 11 is 11.1. The van der Waals surface area contributed by atoms with Crippen LogP contribution in [-0.4, -0.2) is 23.4 Å². The lowest BCUT2D eigenvalue weighted by Crippen LogP contribution is -2.13. The van der Waals surface area contributed by atoms with E-state index in [2.05, 4.69) is 4.99 Å². The van der Waals surface area contributed by atoms with E-state index >= 15 is 0 Å². The lowest BCUT2D eigenvalue weighted by atomic mass is 10.3. The van der Waals surface area contributed by atoms with Crippen LogP contribution in [0.15, 0.2) is 4.99 Å². The smallest absolute Gasteiger partial charge is 0.211 e. The van der Waals surface area contributed by atoms with Crippen molar-refractivity contribution in [3.63, 3.8) is 0 Å². The van der Waals surface area contributed by atoms with Crippen LogP contribution < -0.4 is 0 Å². The van der Waals surface area contributed by atoms with Gasteiger partial charge in [-0.1, -0.05) is 0 Å². The zero-order valence-corrected chi connectivity index (χ0v) is 6.49. The molecule has 0 aliphatic carbocycles. The van der Waals surface area contributed by atoms with Gasteiger partial charge in [0.2, 0.25) is 6.08 Å². The summed E-state index contributed by atoms with van der Waals surface area (Å²) in [5.74, 6) is 0. The van der Waals surface area contributed by atoms with Crippen molar-refractivity contribution in [3.8, 4) is 0 Å². The molecule has 0 spiro atoms. The van der Waals surface area contributed by atoms with Gasteiger partial charge in [-0.2, -0.15) is 0 Å². The third-order valence-electron chi connectivity index (χ3n) is 0.829. The third kappa shape index (κ3) is 4.46. The maximum atomic E-state index is 9.54. The SMILES string of the molecule is CC(Cl)C(Cl)CN=C=O. The molecule has 0 bridgehead atoms. The van der Waals surface area contributed by atoms with Crippen LogP contribution in [-0.2, 0) is 4.79 Å². The number of isocyanates is 1. The second-order valence-corrected chi connectivity index (χ2v) is 2.87. The van der Waals surface area contributed by atoms with Crippen molar-refractivity contribution >= 4 is 29.3 Å². The van der Waals surface area contributed by atoms with Crippen molar-refractivity contribution in [2.24, 2.45) is 4.99 Å². The first-order chi connectivity index (χ1) is 4.18. The van der Waals surface area contributed by atoms with E-state index in [0.29, 0.717) is 0 Å². The Morgan fingerprint density at radius 1 is 1.67 bits per heavy atom. The number of carbonyl (C=O) groups excluding carboxylic acids is 1. The lowest BCUT2D eigenvalue weighted by molar-refractivity contribution is 0.562. The molecule has 0 aromatic rings. The van der Waals surface area contributed by atoms with Crippen LogP contribution in [0.2, 0.25) is 0 Å². The Bertz CT molecular complexity index is 120. The highest BCUT2D eigenvalue weighted by atomic mass is 35.5. The Morgan fingerprint density at radius 2 is 2.22 bits per heavy atom. The second-order valence-electron chi connectivity index (χ2n) is 1.63. The fourth-order valence-corrected chi connectivity index (χ4v) is 0.418. The minimum atomic E-state index is -0.270. The quantitative estimate of drug-likeness (QED) is 0.357. The molecule has 2 atom stereocenters. The molecule has 52 valence electrons. The van der Waals surface area contributed by atoms with Crippen molar-refractivity contribution in [3.05, 3.63) is 0 Å². The largest absolute Gasteiger partial charge is 0.234 e. The van der Waals surface area contributed by atoms with Gasteiger partial charge < -0.3 is 0 Å². The summed E-state index contributed by atoms with van der Waals surface area (Å²) < 4.78 is 0. The maximum absolute atomic E-state index is 9.54. The second kappa shape index (κ2) is 4.80. The highest BCUT2D eigenvalue weighted by molar-refractivity contribution is 6.29. The summed E-state index contributed by atoms with van der Waals surface area (Å²) in [6.07, 6.45) is 1.39. The Hall–Kier alpha value is -0.0400. The summed E-state index contributed by atoms with van der Waals surface area (Å²) in [5, 5.41) is -0.433. The fraction of sp³-hybridized carbons (Fsp3) is 0.800. The van der Waals surface area contributed by atoms with Crippen molar-refractivity contribution in [2.75, 3.05) is 6.54 Å². The molecule has 0 amide bonds. The first-order valence-corrected chi connectivity index (χ1v) is 3.37. The van der Waals surface area contributed by atoms with Gasteiger partial charge in [0, 0.05) is 5.38 Å². The normalized spacial score (nSPS) is 15.9. The minimum Gasteiger partial charge on any atom is -0.211 e. The highest BCUT2D eigenvalue weighted by Crippen LogP contribution is 2.08. The zero-order valence-electron chi connectivity index (χ0n) is 4.97. The monoisotopic (exact) mass is 167 g/mol. The van der Waals surface area contributed by atoms with Crippen LogP contribution >= 0.6 is 23.2 Å². The van der Waals surface area contributed by atoms with Crippen LogP contribution in [0, 0.1) is 0 Å². The van der Waals surface area contributed by atoms with Gasteiger partial charge in [-0.3, -0.25) is 0 Å². The van der Waals surface area contributed by atoms with Gasteiger partial charge in [0.1, 0.15) is 0 Å². The van der Waals surface area contributed by atoms with Crippen LogP contribution in [0.1, 0.15) is 6.92 Å². The third-order valence-corrected chi connectivity index (χ3v) is 1.78. The Balaban J connectivity index is 3.49. The average molecular weight is 168 g/mol. The predicted molar refractivity (Wildman–Crippen MR) is 37.9 cm³/mol. The number of aliphatic imine (C=N–C) groups is 1.